The van der Waals surface area contributed by atoms with E-state index in [0.29, 0.717) is 29.1 Å². The topological polar surface area (TPSA) is 54.5 Å². The lowest BCUT2D eigenvalue weighted by Gasteiger charge is -2.17. The molecule has 0 spiro atoms. The fraction of sp³-hybridized carbons (Fsp3) is 0.312. The zero-order valence-corrected chi connectivity index (χ0v) is 12.3. The van der Waals surface area contributed by atoms with E-state index in [-0.39, 0.29) is 29.4 Å². The highest BCUT2D eigenvalue weighted by atomic mass is 35.5. The average molecular weight is 304 g/mol. The molecule has 3 rings (SSSR count). The summed E-state index contributed by atoms with van der Waals surface area (Å²) in [5.41, 5.74) is 1.07. The number of hydrogen-bond donors (Lipinski definition) is 0. The van der Waals surface area contributed by atoms with E-state index in [2.05, 4.69) is 0 Å². The van der Waals surface area contributed by atoms with Crippen molar-refractivity contribution in [2.45, 2.75) is 19.8 Å². The van der Waals surface area contributed by atoms with Crippen molar-refractivity contribution in [3.63, 3.8) is 0 Å². The number of allylic oxidation sites excluding steroid dienone is 2. The van der Waals surface area contributed by atoms with E-state index in [1.54, 1.807) is 24.3 Å². The molecule has 1 aromatic carbocycles. The van der Waals surface area contributed by atoms with E-state index in [1.165, 1.54) is 11.8 Å². The number of halogens is 1. The predicted molar refractivity (Wildman–Crippen MR) is 79.1 cm³/mol. The van der Waals surface area contributed by atoms with Crippen LogP contribution < -0.4 is 4.90 Å². The van der Waals surface area contributed by atoms with Crippen molar-refractivity contribution in [1.82, 2.24) is 0 Å². The number of rotatable bonds is 2. The van der Waals surface area contributed by atoms with Gasteiger partial charge in [-0.2, -0.15) is 0 Å². The Bertz CT molecular complexity index is 663. The van der Waals surface area contributed by atoms with Crippen LogP contribution in [0.4, 0.5) is 5.69 Å². The fourth-order valence-corrected chi connectivity index (χ4v) is 3.18. The Morgan fingerprint density at radius 2 is 1.76 bits per heavy atom. The summed E-state index contributed by atoms with van der Waals surface area (Å²) >= 11 is 5.99. The summed E-state index contributed by atoms with van der Waals surface area (Å²) in [6.07, 6.45) is 2.76. The second-order valence-corrected chi connectivity index (χ2v) is 5.90. The van der Waals surface area contributed by atoms with E-state index < -0.39 is 0 Å². The molecular formula is C16H14ClNO3. The van der Waals surface area contributed by atoms with Gasteiger partial charge in [-0.25, -0.2) is 0 Å². The molecule has 0 radical (unpaired) electrons. The van der Waals surface area contributed by atoms with Crippen molar-refractivity contribution < 1.29 is 14.4 Å². The maximum atomic E-state index is 12.5. The number of hydrogen-bond acceptors (Lipinski definition) is 3. The number of carbonyl (C=O) groups is 3. The third kappa shape index (κ3) is 2.29. The quantitative estimate of drug-likeness (QED) is 0.623. The highest BCUT2D eigenvalue weighted by molar-refractivity contribution is 6.30. The Labute approximate surface area is 127 Å². The van der Waals surface area contributed by atoms with Crippen molar-refractivity contribution in [1.29, 1.82) is 0 Å². The molecule has 1 heterocycles. The molecule has 0 saturated carbocycles. The van der Waals surface area contributed by atoms with Gasteiger partial charge in [-0.1, -0.05) is 17.7 Å². The van der Waals surface area contributed by atoms with Crippen molar-refractivity contribution in [2.24, 2.45) is 11.8 Å². The van der Waals surface area contributed by atoms with Gasteiger partial charge in [0.2, 0.25) is 11.8 Å². The van der Waals surface area contributed by atoms with Gasteiger partial charge in [-0.3, -0.25) is 19.3 Å². The molecule has 21 heavy (non-hydrogen) atoms. The number of anilines is 1. The van der Waals surface area contributed by atoms with Gasteiger partial charge in [0.1, 0.15) is 0 Å². The first-order chi connectivity index (χ1) is 9.99. The second kappa shape index (κ2) is 5.11. The lowest BCUT2D eigenvalue weighted by Crippen LogP contribution is -2.30. The largest absolute Gasteiger partial charge is 0.295 e. The summed E-state index contributed by atoms with van der Waals surface area (Å²) in [7, 11) is 0. The third-order valence-electron chi connectivity index (χ3n) is 4.10. The second-order valence-electron chi connectivity index (χ2n) is 5.42. The molecule has 2 amide bonds. The third-order valence-corrected chi connectivity index (χ3v) is 4.41. The summed E-state index contributed by atoms with van der Waals surface area (Å²) in [5.74, 6) is -1.10. The molecule has 0 N–H and O–H groups in total. The normalized spacial score (nSPS) is 24.9. The average Bonchev–Trinajstić information content (AvgIpc) is 2.70. The molecule has 1 saturated heterocycles. The number of Topliss-reactive ketones (excluding diaryl/α,β-unsaturated/α-hetero) is 1. The molecule has 1 aromatic rings. The van der Waals surface area contributed by atoms with Gasteiger partial charge in [-0.05, 0) is 44.0 Å². The smallest absolute Gasteiger partial charge is 0.238 e. The maximum Gasteiger partial charge on any atom is 0.238 e. The van der Waals surface area contributed by atoms with Crippen LogP contribution in [0.15, 0.2) is 35.4 Å². The summed E-state index contributed by atoms with van der Waals surface area (Å²) < 4.78 is 0. The Morgan fingerprint density at radius 1 is 1.14 bits per heavy atom. The van der Waals surface area contributed by atoms with Crippen LogP contribution in [-0.2, 0) is 9.59 Å². The molecular weight excluding hydrogens is 290 g/mol. The molecule has 2 aliphatic rings. The molecule has 108 valence electrons. The molecule has 1 aliphatic heterocycles. The fourth-order valence-electron chi connectivity index (χ4n) is 2.93. The van der Waals surface area contributed by atoms with Crippen LogP contribution in [0.3, 0.4) is 0 Å². The molecule has 0 bridgehead atoms. The van der Waals surface area contributed by atoms with E-state index in [0.717, 1.165) is 0 Å². The number of amides is 2. The number of fused-ring (bicyclic) bond motifs is 1. The van der Waals surface area contributed by atoms with Crippen molar-refractivity contribution >= 4 is 34.9 Å². The van der Waals surface area contributed by atoms with Gasteiger partial charge in [0.25, 0.3) is 0 Å². The van der Waals surface area contributed by atoms with E-state index in [1.807, 2.05) is 6.08 Å². The zero-order chi connectivity index (χ0) is 15.1. The summed E-state index contributed by atoms with van der Waals surface area (Å²) in [5, 5.41) is 0.645. The first-order valence-electron chi connectivity index (χ1n) is 6.82. The number of ketones is 1. The van der Waals surface area contributed by atoms with Crippen LogP contribution in [0.5, 0.6) is 0 Å². The predicted octanol–water partition coefficient (Wildman–Crippen LogP) is 2.91. The summed E-state index contributed by atoms with van der Waals surface area (Å²) in [4.78, 5) is 37.4. The Balaban J connectivity index is 1.91. The van der Waals surface area contributed by atoms with Gasteiger partial charge in [0, 0.05) is 10.6 Å². The van der Waals surface area contributed by atoms with Crippen LogP contribution in [0.25, 0.3) is 0 Å². The number of carbonyl (C=O) groups excluding carboxylic acids is 3. The zero-order valence-electron chi connectivity index (χ0n) is 11.5. The van der Waals surface area contributed by atoms with Crippen LogP contribution >= 0.6 is 11.6 Å². The molecule has 4 nitrogen and oxygen atoms in total. The van der Waals surface area contributed by atoms with Gasteiger partial charge in [0.15, 0.2) is 5.78 Å². The van der Waals surface area contributed by atoms with E-state index in [4.69, 9.17) is 11.6 Å². The Hall–Kier alpha value is -1.94. The first-order valence-corrected chi connectivity index (χ1v) is 7.20. The highest BCUT2D eigenvalue weighted by Crippen LogP contribution is 2.40. The minimum absolute atomic E-state index is 0.0507. The molecule has 0 aromatic heterocycles. The molecule has 2 atom stereocenters. The van der Waals surface area contributed by atoms with Crippen LogP contribution in [0.1, 0.15) is 30.1 Å². The Morgan fingerprint density at radius 3 is 2.38 bits per heavy atom. The molecule has 0 unspecified atom stereocenters. The van der Waals surface area contributed by atoms with Gasteiger partial charge in [-0.15, -0.1) is 0 Å². The van der Waals surface area contributed by atoms with Crippen LogP contribution in [0.2, 0.25) is 0 Å². The number of benzene rings is 1. The van der Waals surface area contributed by atoms with E-state index in [9.17, 15) is 14.4 Å². The molecule has 5 heteroatoms. The highest BCUT2D eigenvalue weighted by Gasteiger charge is 2.48. The lowest BCUT2D eigenvalue weighted by molar-refractivity contribution is -0.122. The van der Waals surface area contributed by atoms with Crippen LogP contribution in [0, 0.1) is 11.8 Å². The van der Waals surface area contributed by atoms with Crippen LogP contribution in [-0.4, -0.2) is 17.6 Å². The summed E-state index contributed by atoms with van der Waals surface area (Å²) in [6.45, 7) is 1.48. The van der Waals surface area contributed by atoms with Crippen molar-refractivity contribution in [3.8, 4) is 0 Å². The standard InChI is InChI=1S/C16H14ClNO3/c1-9(19)10-2-5-12(6-3-10)18-15(20)13-7-4-11(17)8-14(13)16(18)21/h2-6,13-14H,7-8H2,1H3/t13-,14-/m1/s1. The molecule has 1 fully saturated rings. The SMILES string of the molecule is CC(=O)c1ccc(N2C(=O)[C@@H]3CC=C(Cl)C[C@H]3C2=O)cc1. The Kier molecular flexibility index (Phi) is 3.41. The van der Waals surface area contributed by atoms with Gasteiger partial charge in [0.05, 0.1) is 17.5 Å². The monoisotopic (exact) mass is 303 g/mol. The minimum atomic E-state index is -0.359. The van der Waals surface area contributed by atoms with Crippen molar-refractivity contribution in [2.75, 3.05) is 4.90 Å². The number of nitrogens with zero attached hydrogens (tertiary/aromatic N) is 1. The number of imide groups is 1. The lowest BCUT2D eigenvalue weighted by atomic mass is 9.85. The van der Waals surface area contributed by atoms with Crippen molar-refractivity contribution in [3.05, 3.63) is 40.9 Å². The maximum absolute atomic E-state index is 12.5. The van der Waals surface area contributed by atoms with Gasteiger partial charge < -0.3 is 0 Å². The van der Waals surface area contributed by atoms with Gasteiger partial charge >= 0.3 is 0 Å². The summed E-state index contributed by atoms with van der Waals surface area (Å²) in [6, 6.07) is 6.54. The minimum Gasteiger partial charge on any atom is -0.295 e. The van der Waals surface area contributed by atoms with E-state index >= 15 is 0 Å². The first kappa shape index (κ1) is 14.0. The molecule has 1 aliphatic carbocycles.